The van der Waals surface area contributed by atoms with Crippen molar-refractivity contribution in [2.45, 2.75) is 25.8 Å². The molecule has 0 saturated carbocycles. The van der Waals surface area contributed by atoms with Crippen molar-refractivity contribution in [3.05, 3.63) is 28.0 Å². The van der Waals surface area contributed by atoms with Gasteiger partial charge in [-0.15, -0.1) is 0 Å². The number of carbonyl (C=O) groups is 1. The molecule has 0 radical (unpaired) electrons. The topological polar surface area (TPSA) is 88.6 Å². The Kier molecular flexibility index (Phi) is 4.51. The zero-order valence-electron chi connectivity index (χ0n) is 10.6. The number of piperidine rings is 1. The van der Waals surface area contributed by atoms with E-state index in [-0.39, 0.29) is 18.3 Å². The van der Waals surface area contributed by atoms with Crippen molar-refractivity contribution in [1.82, 2.24) is 10.2 Å². The average molecular weight is 267 g/mol. The SMILES string of the molecule is O=C(CNCc1ccc([N+](=O)[O-])o1)N1CCCCC1. The molecule has 7 heteroatoms. The maximum absolute atomic E-state index is 11.8. The highest BCUT2D eigenvalue weighted by molar-refractivity contribution is 5.78. The Balaban J connectivity index is 1.73. The summed E-state index contributed by atoms with van der Waals surface area (Å²) in [5.74, 6) is 0.248. The van der Waals surface area contributed by atoms with Gasteiger partial charge in [0.15, 0.2) is 0 Å². The predicted octanol–water partition coefficient (Wildman–Crippen LogP) is 1.29. The molecule has 0 atom stereocenters. The van der Waals surface area contributed by atoms with E-state index in [0.29, 0.717) is 12.3 Å². The Hall–Kier alpha value is -1.89. The lowest BCUT2D eigenvalue weighted by Gasteiger charge is -2.26. The average Bonchev–Trinajstić information content (AvgIpc) is 2.89. The second kappa shape index (κ2) is 6.33. The predicted molar refractivity (Wildman–Crippen MR) is 67.5 cm³/mol. The zero-order chi connectivity index (χ0) is 13.7. The molecular formula is C12H17N3O4. The summed E-state index contributed by atoms with van der Waals surface area (Å²) in [6.45, 7) is 2.20. The van der Waals surface area contributed by atoms with Crippen LogP contribution in [0.4, 0.5) is 5.88 Å². The van der Waals surface area contributed by atoms with Crippen molar-refractivity contribution >= 4 is 11.8 Å². The summed E-state index contributed by atoms with van der Waals surface area (Å²) in [5.41, 5.74) is 0. The first-order valence-corrected chi connectivity index (χ1v) is 6.38. The number of hydrogen-bond acceptors (Lipinski definition) is 5. The molecule has 0 bridgehead atoms. The standard InChI is InChI=1S/C12H17N3O4/c16-11(14-6-2-1-3-7-14)9-13-8-10-4-5-12(19-10)15(17)18/h4-5,13H,1-3,6-9H2. The first-order valence-electron chi connectivity index (χ1n) is 6.38. The Labute approximate surface area is 110 Å². The van der Waals surface area contributed by atoms with E-state index >= 15 is 0 Å². The van der Waals surface area contributed by atoms with Gasteiger partial charge in [-0.1, -0.05) is 0 Å². The Morgan fingerprint density at radius 1 is 1.37 bits per heavy atom. The lowest BCUT2D eigenvalue weighted by Crippen LogP contribution is -2.40. The van der Waals surface area contributed by atoms with E-state index in [2.05, 4.69) is 5.32 Å². The van der Waals surface area contributed by atoms with E-state index in [1.54, 1.807) is 0 Å². The molecule has 0 aromatic carbocycles. The third kappa shape index (κ3) is 3.78. The van der Waals surface area contributed by atoms with Gasteiger partial charge >= 0.3 is 5.88 Å². The van der Waals surface area contributed by atoms with Crippen molar-refractivity contribution in [3.63, 3.8) is 0 Å². The molecule has 1 aromatic heterocycles. The van der Waals surface area contributed by atoms with Crippen LogP contribution in [0.15, 0.2) is 16.5 Å². The second-order valence-electron chi connectivity index (χ2n) is 4.54. The fraction of sp³-hybridized carbons (Fsp3) is 0.583. The van der Waals surface area contributed by atoms with E-state index in [4.69, 9.17) is 4.42 Å². The number of nitro groups is 1. The van der Waals surface area contributed by atoms with Crippen molar-refractivity contribution in [1.29, 1.82) is 0 Å². The number of nitrogens with zero attached hydrogens (tertiary/aromatic N) is 2. The van der Waals surface area contributed by atoms with Crippen molar-refractivity contribution in [2.75, 3.05) is 19.6 Å². The van der Waals surface area contributed by atoms with Gasteiger partial charge in [-0.25, -0.2) is 0 Å². The molecule has 2 rings (SSSR count). The first-order chi connectivity index (χ1) is 9.16. The van der Waals surface area contributed by atoms with Gasteiger partial charge < -0.3 is 14.6 Å². The molecule has 0 unspecified atom stereocenters. The largest absolute Gasteiger partial charge is 0.433 e. The van der Waals surface area contributed by atoms with Crippen LogP contribution in [-0.2, 0) is 11.3 Å². The number of furan rings is 1. The summed E-state index contributed by atoms with van der Waals surface area (Å²) < 4.78 is 4.99. The van der Waals surface area contributed by atoms with Crippen LogP contribution < -0.4 is 5.32 Å². The van der Waals surface area contributed by atoms with Crippen LogP contribution in [0, 0.1) is 10.1 Å². The number of carbonyl (C=O) groups excluding carboxylic acids is 1. The Morgan fingerprint density at radius 3 is 2.74 bits per heavy atom. The van der Waals surface area contributed by atoms with Crippen LogP contribution in [0.25, 0.3) is 0 Å². The van der Waals surface area contributed by atoms with E-state index in [1.165, 1.54) is 18.6 Å². The third-order valence-corrected chi connectivity index (χ3v) is 3.11. The molecule has 1 aliphatic rings. The number of likely N-dealkylation sites (tertiary alicyclic amines) is 1. The zero-order valence-corrected chi connectivity index (χ0v) is 10.6. The molecule has 104 valence electrons. The van der Waals surface area contributed by atoms with E-state index in [0.717, 1.165) is 25.9 Å². The van der Waals surface area contributed by atoms with E-state index in [9.17, 15) is 14.9 Å². The Bertz CT molecular complexity index is 452. The van der Waals surface area contributed by atoms with Crippen LogP contribution >= 0.6 is 0 Å². The molecule has 1 saturated heterocycles. The summed E-state index contributed by atoms with van der Waals surface area (Å²) in [4.78, 5) is 23.5. The molecule has 19 heavy (non-hydrogen) atoms. The highest BCUT2D eigenvalue weighted by Crippen LogP contribution is 2.15. The maximum atomic E-state index is 11.8. The normalized spacial score (nSPS) is 15.5. The highest BCUT2D eigenvalue weighted by Gasteiger charge is 2.16. The second-order valence-corrected chi connectivity index (χ2v) is 4.54. The molecule has 1 N–H and O–H groups in total. The number of nitrogens with one attached hydrogen (secondary N) is 1. The van der Waals surface area contributed by atoms with Crippen LogP contribution in [0.1, 0.15) is 25.0 Å². The fourth-order valence-electron chi connectivity index (χ4n) is 2.11. The number of rotatable bonds is 5. The fourth-order valence-corrected chi connectivity index (χ4v) is 2.11. The summed E-state index contributed by atoms with van der Waals surface area (Å²) in [5, 5.41) is 13.4. The van der Waals surface area contributed by atoms with Gasteiger partial charge in [0, 0.05) is 13.1 Å². The molecule has 1 fully saturated rings. The lowest BCUT2D eigenvalue weighted by atomic mass is 10.1. The lowest BCUT2D eigenvalue weighted by molar-refractivity contribution is -0.402. The monoisotopic (exact) mass is 267 g/mol. The minimum atomic E-state index is -0.581. The maximum Gasteiger partial charge on any atom is 0.433 e. The summed E-state index contributed by atoms with van der Waals surface area (Å²) in [6, 6.07) is 2.85. The van der Waals surface area contributed by atoms with Gasteiger partial charge in [0.1, 0.15) is 10.7 Å². The minimum absolute atomic E-state index is 0.0701. The Morgan fingerprint density at radius 2 is 2.11 bits per heavy atom. The van der Waals surface area contributed by atoms with Crippen LogP contribution in [-0.4, -0.2) is 35.4 Å². The van der Waals surface area contributed by atoms with Crippen molar-refractivity contribution in [3.8, 4) is 0 Å². The molecule has 1 amide bonds. The first kappa shape index (κ1) is 13.5. The molecule has 2 heterocycles. The minimum Gasteiger partial charge on any atom is -0.404 e. The van der Waals surface area contributed by atoms with Gasteiger partial charge in [-0.2, -0.15) is 0 Å². The van der Waals surface area contributed by atoms with Crippen LogP contribution in [0.3, 0.4) is 0 Å². The summed E-state index contributed by atoms with van der Waals surface area (Å²) in [6.07, 6.45) is 3.32. The van der Waals surface area contributed by atoms with Crippen LogP contribution in [0.2, 0.25) is 0 Å². The van der Waals surface area contributed by atoms with Gasteiger partial charge in [-0.05, 0) is 25.3 Å². The summed E-state index contributed by atoms with van der Waals surface area (Å²) in [7, 11) is 0. The number of amides is 1. The van der Waals surface area contributed by atoms with Gasteiger partial charge in [0.05, 0.1) is 19.2 Å². The van der Waals surface area contributed by atoms with Gasteiger partial charge in [-0.3, -0.25) is 14.9 Å². The van der Waals surface area contributed by atoms with Crippen LogP contribution in [0.5, 0.6) is 0 Å². The number of hydrogen-bond donors (Lipinski definition) is 1. The molecule has 1 aromatic rings. The van der Waals surface area contributed by atoms with Gasteiger partial charge in [0.25, 0.3) is 0 Å². The molecule has 1 aliphatic heterocycles. The summed E-state index contributed by atoms with van der Waals surface area (Å²) >= 11 is 0. The third-order valence-electron chi connectivity index (χ3n) is 3.11. The van der Waals surface area contributed by atoms with Crippen molar-refractivity contribution < 1.29 is 14.1 Å². The molecule has 0 aliphatic carbocycles. The van der Waals surface area contributed by atoms with E-state index in [1.807, 2.05) is 4.90 Å². The molecular weight excluding hydrogens is 250 g/mol. The highest BCUT2D eigenvalue weighted by atomic mass is 16.6. The smallest absolute Gasteiger partial charge is 0.404 e. The molecule has 7 nitrogen and oxygen atoms in total. The van der Waals surface area contributed by atoms with Crippen molar-refractivity contribution in [2.24, 2.45) is 0 Å². The van der Waals surface area contributed by atoms with E-state index < -0.39 is 4.92 Å². The van der Waals surface area contributed by atoms with Gasteiger partial charge in [0.2, 0.25) is 5.91 Å². The molecule has 0 spiro atoms. The quantitative estimate of drug-likeness (QED) is 0.641.